The number of aromatic amines is 1. The van der Waals surface area contributed by atoms with E-state index in [0.717, 1.165) is 16.8 Å². The van der Waals surface area contributed by atoms with Crippen molar-refractivity contribution in [3.63, 3.8) is 0 Å². The topological polar surface area (TPSA) is 96.7 Å². The Morgan fingerprint density at radius 3 is 2.33 bits per heavy atom. The molecule has 1 atom stereocenters. The Hall–Kier alpha value is -2.70. The van der Waals surface area contributed by atoms with Gasteiger partial charge < -0.3 is 11.1 Å². The van der Waals surface area contributed by atoms with Crippen LogP contribution < -0.4 is 11.1 Å². The highest BCUT2D eigenvalue weighted by molar-refractivity contribution is 5.96. The average Bonchev–Trinajstić information content (AvgIpc) is 3.12. The molecule has 27 heavy (non-hydrogen) atoms. The molecule has 0 saturated carbocycles. The van der Waals surface area contributed by atoms with Crippen molar-refractivity contribution < 1.29 is 4.79 Å². The first-order valence-electron chi connectivity index (χ1n) is 8.66. The summed E-state index contributed by atoms with van der Waals surface area (Å²) in [6, 6.07) is 17.3. The second-order valence-electron chi connectivity index (χ2n) is 6.51. The third-order valence-corrected chi connectivity index (χ3v) is 4.24. The molecule has 0 fully saturated rings. The molecule has 6 nitrogen and oxygen atoms in total. The second kappa shape index (κ2) is 9.30. The number of carbonyl (C=O) groups excluding carboxylic acids is 1. The number of hydrogen-bond donors (Lipinski definition) is 3. The van der Waals surface area contributed by atoms with Gasteiger partial charge in [0.1, 0.15) is 5.82 Å². The number of aromatic nitrogens is 3. The van der Waals surface area contributed by atoms with E-state index < -0.39 is 0 Å². The summed E-state index contributed by atoms with van der Waals surface area (Å²) in [5, 5.41) is 9.94. The van der Waals surface area contributed by atoms with E-state index in [1.807, 2.05) is 54.6 Å². The second-order valence-corrected chi connectivity index (χ2v) is 6.51. The molecule has 1 unspecified atom stereocenters. The molecule has 0 spiro atoms. The van der Waals surface area contributed by atoms with Gasteiger partial charge >= 0.3 is 0 Å². The van der Waals surface area contributed by atoms with Gasteiger partial charge in [0.2, 0.25) is 5.91 Å². The maximum atomic E-state index is 12.8. The zero-order valence-electron chi connectivity index (χ0n) is 15.3. The van der Waals surface area contributed by atoms with E-state index in [1.165, 1.54) is 0 Å². The van der Waals surface area contributed by atoms with E-state index in [0.29, 0.717) is 18.2 Å². The molecule has 3 rings (SSSR count). The number of halogens is 1. The van der Waals surface area contributed by atoms with Gasteiger partial charge in [-0.25, -0.2) is 4.98 Å². The van der Waals surface area contributed by atoms with E-state index in [2.05, 4.69) is 34.3 Å². The summed E-state index contributed by atoms with van der Waals surface area (Å²) in [4.78, 5) is 17.1. The fourth-order valence-electron chi connectivity index (χ4n) is 2.94. The van der Waals surface area contributed by atoms with Gasteiger partial charge in [0.25, 0.3) is 0 Å². The monoisotopic (exact) mass is 385 g/mol. The van der Waals surface area contributed by atoms with Crippen molar-refractivity contribution in [2.45, 2.75) is 26.3 Å². The minimum Gasteiger partial charge on any atom is -0.326 e. The number of nitrogens with one attached hydrogen (secondary N) is 2. The Morgan fingerprint density at radius 1 is 1.11 bits per heavy atom. The average molecular weight is 386 g/mol. The lowest BCUT2D eigenvalue weighted by atomic mass is 9.87. The van der Waals surface area contributed by atoms with E-state index in [-0.39, 0.29) is 30.2 Å². The van der Waals surface area contributed by atoms with Gasteiger partial charge in [-0.2, -0.15) is 5.10 Å². The summed E-state index contributed by atoms with van der Waals surface area (Å²) in [6.07, 6.45) is 0. The molecule has 4 N–H and O–H groups in total. The summed E-state index contributed by atoms with van der Waals surface area (Å²) < 4.78 is 0. The maximum Gasteiger partial charge on any atom is 0.232 e. The van der Waals surface area contributed by atoms with E-state index in [9.17, 15) is 4.79 Å². The van der Waals surface area contributed by atoms with Crippen LogP contribution in [0.15, 0.2) is 54.6 Å². The van der Waals surface area contributed by atoms with Crippen LogP contribution in [0.2, 0.25) is 0 Å². The highest BCUT2D eigenvalue weighted by Crippen LogP contribution is 2.26. The first-order chi connectivity index (χ1) is 12.6. The molecule has 0 bridgehead atoms. The van der Waals surface area contributed by atoms with Gasteiger partial charge in [-0.05, 0) is 35.7 Å². The number of carbonyl (C=O) groups is 1. The minimum absolute atomic E-state index is 0. The molecule has 1 heterocycles. The van der Waals surface area contributed by atoms with Crippen LogP contribution in [0.3, 0.4) is 0 Å². The smallest absolute Gasteiger partial charge is 0.232 e. The molecule has 0 aliphatic carbocycles. The molecule has 7 heteroatoms. The fourth-order valence-corrected chi connectivity index (χ4v) is 2.94. The van der Waals surface area contributed by atoms with Gasteiger partial charge in [0.15, 0.2) is 5.82 Å². The summed E-state index contributed by atoms with van der Waals surface area (Å²) in [5.41, 5.74) is 8.17. The Morgan fingerprint density at radius 2 is 1.78 bits per heavy atom. The van der Waals surface area contributed by atoms with Crippen molar-refractivity contribution in [1.29, 1.82) is 0 Å². The van der Waals surface area contributed by atoms with Gasteiger partial charge in [-0.15, -0.1) is 12.4 Å². The third kappa shape index (κ3) is 4.93. The Balaban J connectivity index is 0.00000261. The minimum atomic E-state index is -0.198. The predicted molar refractivity (Wildman–Crippen MR) is 110 cm³/mol. The number of nitrogens with zero attached hydrogens (tertiary/aromatic N) is 2. The highest BCUT2D eigenvalue weighted by Gasteiger charge is 2.24. The first kappa shape index (κ1) is 20.6. The lowest BCUT2D eigenvalue weighted by Gasteiger charge is -2.20. The van der Waals surface area contributed by atoms with Crippen LogP contribution in [-0.2, 0) is 11.3 Å². The Kier molecular flexibility index (Phi) is 7.10. The Bertz CT molecular complexity index is 862. The maximum absolute atomic E-state index is 12.8. The zero-order valence-corrected chi connectivity index (χ0v) is 16.2. The lowest BCUT2D eigenvalue weighted by Crippen LogP contribution is -2.25. The molecule has 3 aromatic rings. The number of benzene rings is 2. The van der Waals surface area contributed by atoms with Crippen molar-refractivity contribution in [3.8, 4) is 11.4 Å². The SMILES string of the molecule is CC(C)C(C(=O)Nc1ccc(-c2n[nH]c(CN)n2)cc1)c1ccccc1.Cl. The largest absolute Gasteiger partial charge is 0.326 e. The molecule has 0 aliphatic heterocycles. The van der Waals surface area contributed by atoms with Crippen molar-refractivity contribution in [2.24, 2.45) is 11.7 Å². The zero-order chi connectivity index (χ0) is 18.5. The number of amides is 1. The molecule has 0 radical (unpaired) electrons. The lowest BCUT2D eigenvalue weighted by molar-refractivity contribution is -0.118. The number of rotatable bonds is 6. The Labute approximate surface area is 165 Å². The molecular weight excluding hydrogens is 362 g/mol. The number of anilines is 1. The van der Waals surface area contributed by atoms with Crippen LogP contribution in [0.1, 0.15) is 31.2 Å². The first-order valence-corrected chi connectivity index (χ1v) is 8.66. The normalized spacial score (nSPS) is 11.7. The quantitative estimate of drug-likeness (QED) is 0.602. The third-order valence-electron chi connectivity index (χ3n) is 4.24. The summed E-state index contributed by atoms with van der Waals surface area (Å²) >= 11 is 0. The summed E-state index contributed by atoms with van der Waals surface area (Å²) in [5.74, 6) is 1.21. The van der Waals surface area contributed by atoms with Crippen LogP contribution in [0.25, 0.3) is 11.4 Å². The van der Waals surface area contributed by atoms with Crippen LogP contribution in [-0.4, -0.2) is 21.1 Å². The highest BCUT2D eigenvalue weighted by atomic mass is 35.5. The van der Waals surface area contributed by atoms with Gasteiger partial charge in [-0.1, -0.05) is 44.2 Å². The van der Waals surface area contributed by atoms with Crippen molar-refractivity contribution >= 4 is 24.0 Å². The van der Waals surface area contributed by atoms with Crippen molar-refractivity contribution in [1.82, 2.24) is 15.2 Å². The molecule has 0 aliphatic rings. The van der Waals surface area contributed by atoms with Gasteiger partial charge in [-0.3, -0.25) is 9.89 Å². The summed E-state index contributed by atoms with van der Waals surface area (Å²) in [6.45, 7) is 4.43. The number of H-pyrrole nitrogens is 1. The molecular formula is C20H24ClN5O. The molecule has 1 amide bonds. The number of hydrogen-bond acceptors (Lipinski definition) is 4. The van der Waals surface area contributed by atoms with Crippen LogP contribution in [0, 0.1) is 5.92 Å². The molecule has 0 saturated heterocycles. The fraction of sp³-hybridized carbons (Fsp3) is 0.250. The van der Waals surface area contributed by atoms with Gasteiger partial charge in [0, 0.05) is 11.3 Å². The predicted octanol–water partition coefficient (Wildman–Crippen LogP) is 3.73. The van der Waals surface area contributed by atoms with Crippen molar-refractivity contribution in [3.05, 3.63) is 66.0 Å². The van der Waals surface area contributed by atoms with Gasteiger partial charge in [0.05, 0.1) is 12.5 Å². The van der Waals surface area contributed by atoms with Crippen LogP contribution in [0.4, 0.5) is 5.69 Å². The van der Waals surface area contributed by atoms with Crippen LogP contribution in [0.5, 0.6) is 0 Å². The standard InChI is InChI=1S/C20H23N5O.ClH/c1-13(2)18(14-6-4-3-5-7-14)20(26)22-16-10-8-15(9-11-16)19-23-17(12-21)24-25-19;/h3-11,13,18H,12,21H2,1-2H3,(H,22,26)(H,23,24,25);1H. The van der Waals surface area contributed by atoms with E-state index in [1.54, 1.807) is 0 Å². The number of nitrogens with two attached hydrogens (primary N) is 1. The molecule has 2 aromatic carbocycles. The molecule has 1 aromatic heterocycles. The van der Waals surface area contributed by atoms with Crippen LogP contribution >= 0.6 is 12.4 Å². The van der Waals surface area contributed by atoms with E-state index >= 15 is 0 Å². The van der Waals surface area contributed by atoms with Crippen molar-refractivity contribution in [2.75, 3.05) is 5.32 Å². The summed E-state index contributed by atoms with van der Waals surface area (Å²) in [7, 11) is 0. The molecule has 142 valence electrons. The van der Waals surface area contributed by atoms with E-state index in [4.69, 9.17) is 5.73 Å².